The van der Waals surface area contributed by atoms with E-state index in [0.29, 0.717) is 0 Å². The lowest BCUT2D eigenvalue weighted by molar-refractivity contribution is -0.589. The molecular formula is C13H11F2NO4. The third kappa shape index (κ3) is 2.15. The first-order valence-electron chi connectivity index (χ1n) is 5.81. The first kappa shape index (κ1) is 14.1. The molecule has 0 amide bonds. The summed E-state index contributed by atoms with van der Waals surface area (Å²) < 4.78 is 28.7. The molecule has 0 fully saturated rings. The summed E-state index contributed by atoms with van der Waals surface area (Å²) in [6, 6.07) is 7.68. The maximum atomic E-state index is 14.6. The Kier molecular flexibility index (Phi) is 3.29. The van der Waals surface area contributed by atoms with E-state index >= 15 is 0 Å². The standard InChI is InChI=1S/C13H11F2NO4/c14-12(11(17)18)7-6-10(9-4-2-1-3-5-9)13(15,8-12)16(19)20/h1-6H,7-8H2,(H,17,18). The van der Waals surface area contributed by atoms with Gasteiger partial charge in [-0.1, -0.05) is 36.4 Å². The molecule has 7 heteroatoms. The van der Waals surface area contributed by atoms with E-state index in [1.807, 2.05) is 0 Å². The van der Waals surface area contributed by atoms with Gasteiger partial charge in [0.1, 0.15) is 6.42 Å². The van der Waals surface area contributed by atoms with E-state index in [9.17, 15) is 23.7 Å². The van der Waals surface area contributed by atoms with Crippen molar-refractivity contribution in [2.75, 3.05) is 0 Å². The third-order valence-corrected chi connectivity index (χ3v) is 3.31. The van der Waals surface area contributed by atoms with Crippen LogP contribution in [-0.2, 0) is 4.79 Å². The summed E-state index contributed by atoms with van der Waals surface area (Å²) in [4.78, 5) is 20.6. The van der Waals surface area contributed by atoms with Crippen LogP contribution in [-0.4, -0.2) is 27.5 Å². The minimum Gasteiger partial charge on any atom is -0.479 e. The Hall–Kier alpha value is -2.31. The number of nitro groups is 1. The van der Waals surface area contributed by atoms with Crippen LogP contribution >= 0.6 is 0 Å². The SMILES string of the molecule is O=C(O)C1(F)CC=C(c2ccccc2)C(F)([N+](=O)[O-])C1. The number of aliphatic carboxylic acids is 1. The molecule has 0 saturated carbocycles. The Balaban J connectivity index is 2.53. The number of carboxylic acid groups (broad SMARTS) is 1. The molecular weight excluding hydrogens is 272 g/mol. The molecule has 106 valence electrons. The minimum atomic E-state index is -3.26. The summed E-state index contributed by atoms with van der Waals surface area (Å²) in [5.74, 6) is -5.16. The van der Waals surface area contributed by atoms with Gasteiger partial charge >= 0.3 is 11.8 Å². The number of alkyl halides is 2. The molecule has 0 heterocycles. The number of halogens is 2. The largest absolute Gasteiger partial charge is 0.479 e. The lowest BCUT2D eigenvalue weighted by Gasteiger charge is -2.31. The second kappa shape index (κ2) is 4.66. The number of carbonyl (C=O) groups is 1. The van der Waals surface area contributed by atoms with Crippen molar-refractivity contribution in [3.8, 4) is 0 Å². The Morgan fingerprint density at radius 3 is 2.40 bits per heavy atom. The lowest BCUT2D eigenvalue weighted by Crippen LogP contribution is -2.48. The van der Waals surface area contributed by atoms with Crippen molar-refractivity contribution in [2.24, 2.45) is 0 Å². The highest BCUT2D eigenvalue weighted by atomic mass is 19.2. The first-order valence-corrected chi connectivity index (χ1v) is 5.81. The summed E-state index contributed by atoms with van der Waals surface area (Å²) in [6.45, 7) is 0. The molecule has 1 N–H and O–H groups in total. The van der Waals surface area contributed by atoms with E-state index in [1.165, 1.54) is 12.1 Å². The third-order valence-electron chi connectivity index (χ3n) is 3.31. The summed E-state index contributed by atoms with van der Waals surface area (Å²) in [5.41, 5.74) is -3.04. The van der Waals surface area contributed by atoms with Gasteiger partial charge in [0.15, 0.2) is 0 Å². The van der Waals surface area contributed by atoms with Gasteiger partial charge < -0.3 is 5.11 Å². The zero-order valence-electron chi connectivity index (χ0n) is 10.3. The summed E-state index contributed by atoms with van der Waals surface area (Å²) in [6.07, 6.45) is -0.995. The predicted molar refractivity (Wildman–Crippen MR) is 66.0 cm³/mol. The highest BCUT2D eigenvalue weighted by Crippen LogP contribution is 2.45. The maximum absolute atomic E-state index is 14.6. The molecule has 0 bridgehead atoms. The van der Waals surface area contributed by atoms with Gasteiger partial charge in [0.25, 0.3) is 0 Å². The van der Waals surface area contributed by atoms with Crippen molar-refractivity contribution >= 4 is 11.5 Å². The molecule has 5 nitrogen and oxygen atoms in total. The van der Waals surface area contributed by atoms with Gasteiger partial charge in [0.05, 0.1) is 10.5 Å². The predicted octanol–water partition coefficient (Wildman–Crippen LogP) is 2.60. The molecule has 0 radical (unpaired) electrons. The van der Waals surface area contributed by atoms with Gasteiger partial charge in [-0.15, -0.1) is 0 Å². The molecule has 0 aliphatic heterocycles. The molecule has 2 unspecified atom stereocenters. The van der Waals surface area contributed by atoms with Crippen LogP contribution in [0.5, 0.6) is 0 Å². The molecule has 2 rings (SSSR count). The van der Waals surface area contributed by atoms with Crippen LogP contribution in [0.3, 0.4) is 0 Å². The van der Waals surface area contributed by atoms with Crippen molar-refractivity contribution in [2.45, 2.75) is 24.3 Å². The fraction of sp³-hybridized carbons (Fsp3) is 0.308. The van der Waals surface area contributed by atoms with Crippen LogP contribution in [0.15, 0.2) is 36.4 Å². The number of hydrogen-bond acceptors (Lipinski definition) is 3. The van der Waals surface area contributed by atoms with Crippen molar-refractivity contribution < 1.29 is 23.6 Å². The smallest absolute Gasteiger partial charge is 0.388 e. The number of carboxylic acids is 1. The number of nitrogens with zero attached hydrogens (tertiary/aromatic N) is 1. The zero-order valence-corrected chi connectivity index (χ0v) is 10.3. The average Bonchev–Trinajstić information content (AvgIpc) is 2.39. The van der Waals surface area contributed by atoms with Crippen LogP contribution in [0.25, 0.3) is 5.57 Å². The normalized spacial score (nSPS) is 29.6. The number of allylic oxidation sites excluding steroid dienone is 1. The van der Waals surface area contributed by atoms with E-state index < -0.39 is 35.2 Å². The van der Waals surface area contributed by atoms with E-state index in [0.717, 1.165) is 6.08 Å². The van der Waals surface area contributed by atoms with Gasteiger partial charge in [-0.2, -0.15) is 4.39 Å². The second-order valence-corrected chi connectivity index (χ2v) is 4.65. The van der Waals surface area contributed by atoms with Crippen molar-refractivity contribution in [1.29, 1.82) is 0 Å². The quantitative estimate of drug-likeness (QED) is 0.525. The van der Waals surface area contributed by atoms with Crippen molar-refractivity contribution in [1.82, 2.24) is 0 Å². The number of hydrogen-bond donors (Lipinski definition) is 1. The molecule has 0 aromatic heterocycles. The highest BCUT2D eigenvalue weighted by Gasteiger charge is 2.60. The molecule has 1 aliphatic carbocycles. The summed E-state index contributed by atoms with van der Waals surface area (Å²) in [5, 5.41) is 19.8. The zero-order chi connectivity index (χ0) is 15.0. The highest BCUT2D eigenvalue weighted by molar-refractivity contribution is 5.82. The van der Waals surface area contributed by atoms with Crippen LogP contribution in [0.2, 0.25) is 0 Å². The molecule has 0 spiro atoms. The first-order chi connectivity index (χ1) is 9.29. The van der Waals surface area contributed by atoms with E-state index in [4.69, 9.17) is 5.11 Å². The van der Waals surface area contributed by atoms with E-state index in [-0.39, 0.29) is 11.1 Å². The average molecular weight is 283 g/mol. The molecule has 2 atom stereocenters. The minimum absolute atomic E-state index is 0.235. The number of rotatable bonds is 3. The molecule has 0 saturated heterocycles. The fourth-order valence-corrected chi connectivity index (χ4v) is 2.24. The Labute approximate surface area is 112 Å². The van der Waals surface area contributed by atoms with Crippen LogP contribution in [0.4, 0.5) is 8.78 Å². The van der Waals surface area contributed by atoms with Crippen LogP contribution in [0.1, 0.15) is 18.4 Å². The van der Waals surface area contributed by atoms with Gasteiger partial charge in [-0.3, -0.25) is 10.1 Å². The summed E-state index contributed by atoms with van der Waals surface area (Å²) in [7, 11) is 0. The van der Waals surface area contributed by atoms with Gasteiger partial charge in [-0.25, -0.2) is 9.18 Å². The topological polar surface area (TPSA) is 80.4 Å². The van der Waals surface area contributed by atoms with Crippen molar-refractivity contribution in [3.63, 3.8) is 0 Å². The van der Waals surface area contributed by atoms with Gasteiger partial charge in [-0.05, 0) is 5.56 Å². The second-order valence-electron chi connectivity index (χ2n) is 4.65. The summed E-state index contributed by atoms with van der Waals surface area (Å²) >= 11 is 0. The Bertz CT molecular complexity index is 589. The van der Waals surface area contributed by atoms with E-state index in [2.05, 4.69) is 0 Å². The van der Waals surface area contributed by atoms with E-state index in [1.54, 1.807) is 18.2 Å². The van der Waals surface area contributed by atoms with Gasteiger partial charge in [0, 0.05) is 6.42 Å². The Morgan fingerprint density at radius 1 is 1.30 bits per heavy atom. The molecule has 1 aromatic rings. The van der Waals surface area contributed by atoms with Crippen LogP contribution in [0, 0.1) is 10.1 Å². The molecule has 1 aliphatic rings. The van der Waals surface area contributed by atoms with Crippen molar-refractivity contribution in [3.05, 3.63) is 52.1 Å². The van der Waals surface area contributed by atoms with Crippen LogP contribution < -0.4 is 0 Å². The van der Waals surface area contributed by atoms with Gasteiger partial charge in [0.2, 0.25) is 5.67 Å². The fourth-order valence-electron chi connectivity index (χ4n) is 2.24. The molecule has 1 aromatic carbocycles. The molecule has 20 heavy (non-hydrogen) atoms. The Morgan fingerprint density at radius 2 is 1.90 bits per heavy atom. The monoisotopic (exact) mass is 283 g/mol. The maximum Gasteiger partial charge on any atom is 0.388 e. The lowest BCUT2D eigenvalue weighted by atomic mass is 9.79. The number of benzene rings is 1.